The molecule has 0 aliphatic rings. The van der Waals surface area contributed by atoms with E-state index < -0.39 is 11.7 Å². The van der Waals surface area contributed by atoms with Crippen LogP contribution in [0, 0.1) is 0 Å². The quantitative estimate of drug-likeness (QED) is 0.743. The van der Waals surface area contributed by atoms with E-state index in [1.165, 1.54) is 11.3 Å². The summed E-state index contributed by atoms with van der Waals surface area (Å²) in [6, 6.07) is 3.84. The van der Waals surface area contributed by atoms with Crippen LogP contribution in [0.25, 0.3) is 22.3 Å². The molecule has 0 radical (unpaired) electrons. The number of thiophene rings is 1. The van der Waals surface area contributed by atoms with Gasteiger partial charge in [0.05, 0.1) is 17.6 Å². The maximum Gasteiger partial charge on any atom is 0.407 e. The molecule has 25 heavy (non-hydrogen) atoms. The molecule has 9 nitrogen and oxygen atoms in total. The van der Waals surface area contributed by atoms with Crippen molar-refractivity contribution in [2.75, 3.05) is 6.54 Å². The fraction of sp³-hybridized carbons (Fsp3) is 0.400. The smallest absolute Gasteiger partial charge is 0.407 e. The predicted octanol–water partition coefficient (Wildman–Crippen LogP) is 2.58. The number of ether oxygens (including phenoxy) is 1. The van der Waals surface area contributed by atoms with Gasteiger partial charge >= 0.3 is 6.09 Å². The Labute approximate surface area is 148 Å². The lowest BCUT2D eigenvalue weighted by Crippen LogP contribution is -2.34. The number of rotatable bonds is 5. The number of aromatic nitrogens is 5. The van der Waals surface area contributed by atoms with Gasteiger partial charge in [0, 0.05) is 6.54 Å². The first-order chi connectivity index (χ1) is 11.9. The van der Waals surface area contributed by atoms with Crippen LogP contribution >= 0.6 is 11.3 Å². The van der Waals surface area contributed by atoms with Crippen LogP contribution in [0.1, 0.15) is 20.8 Å². The van der Waals surface area contributed by atoms with Crippen molar-refractivity contribution < 1.29 is 14.1 Å². The Morgan fingerprint density at radius 2 is 2.28 bits per heavy atom. The Morgan fingerprint density at radius 3 is 3.00 bits per heavy atom. The van der Waals surface area contributed by atoms with E-state index in [1.54, 1.807) is 10.9 Å². The van der Waals surface area contributed by atoms with E-state index >= 15 is 0 Å². The molecule has 0 saturated heterocycles. The van der Waals surface area contributed by atoms with Gasteiger partial charge in [0.2, 0.25) is 5.82 Å². The van der Waals surface area contributed by atoms with Crippen LogP contribution in [-0.4, -0.2) is 43.4 Å². The molecule has 0 saturated carbocycles. The first-order valence-corrected chi connectivity index (χ1v) is 8.53. The molecule has 10 heteroatoms. The summed E-state index contributed by atoms with van der Waals surface area (Å²) in [4.78, 5) is 16.8. The van der Waals surface area contributed by atoms with Crippen molar-refractivity contribution in [2.24, 2.45) is 0 Å². The zero-order chi connectivity index (χ0) is 17.9. The van der Waals surface area contributed by atoms with E-state index in [1.807, 2.05) is 38.3 Å². The van der Waals surface area contributed by atoms with E-state index in [0.717, 1.165) is 4.88 Å². The average molecular weight is 362 g/mol. The second-order valence-electron chi connectivity index (χ2n) is 6.20. The monoisotopic (exact) mass is 362 g/mol. The summed E-state index contributed by atoms with van der Waals surface area (Å²) >= 11 is 1.53. The second-order valence-corrected chi connectivity index (χ2v) is 7.14. The van der Waals surface area contributed by atoms with Gasteiger partial charge in [-0.3, -0.25) is 0 Å². The minimum Gasteiger partial charge on any atom is -0.444 e. The molecule has 0 fully saturated rings. The van der Waals surface area contributed by atoms with Crippen molar-refractivity contribution >= 4 is 17.4 Å². The minimum absolute atomic E-state index is 0.301. The van der Waals surface area contributed by atoms with Crippen molar-refractivity contribution in [2.45, 2.75) is 32.9 Å². The molecule has 3 aromatic heterocycles. The van der Waals surface area contributed by atoms with Gasteiger partial charge in [0.15, 0.2) is 5.69 Å². The van der Waals surface area contributed by atoms with Crippen LogP contribution in [0.3, 0.4) is 0 Å². The fourth-order valence-electron chi connectivity index (χ4n) is 1.93. The number of nitrogens with one attached hydrogen (secondary N) is 1. The molecule has 1 N–H and O–H groups in total. The molecule has 132 valence electrons. The average Bonchev–Trinajstić information content (AvgIpc) is 3.26. The summed E-state index contributed by atoms with van der Waals surface area (Å²) in [6.07, 6.45) is 1.22. The summed E-state index contributed by atoms with van der Waals surface area (Å²) in [7, 11) is 0. The zero-order valence-corrected chi connectivity index (χ0v) is 14.9. The summed E-state index contributed by atoms with van der Waals surface area (Å²) in [5, 5.41) is 16.5. The summed E-state index contributed by atoms with van der Waals surface area (Å²) in [5.41, 5.74) is -0.0458. The summed E-state index contributed by atoms with van der Waals surface area (Å²) in [6.45, 7) is 6.24. The third kappa shape index (κ3) is 4.63. The van der Waals surface area contributed by atoms with Crippen LogP contribution in [0.15, 0.2) is 28.2 Å². The van der Waals surface area contributed by atoms with Crippen molar-refractivity contribution in [3.05, 3.63) is 23.7 Å². The van der Waals surface area contributed by atoms with Crippen LogP contribution in [0.4, 0.5) is 4.79 Å². The topological polar surface area (TPSA) is 108 Å². The van der Waals surface area contributed by atoms with E-state index in [2.05, 4.69) is 25.8 Å². The van der Waals surface area contributed by atoms with E-state index in [4.69, 9.17) is 9.26 Å². The first kappa shape index (κ1) is 17.1. The highest BCUT2D eigenvalue weighted by atomic mass is 32.1. The van der Waals surface area contributed by atoms with Crippen molar-refractivity contribution in [1.29, 1.82) is 0 Å². The molecule has 0 bridgehead atoms. The van der Waals surface area contributed by atoms with Gasteiger partial charge in [-0.1, -0.05) is 16.4 Å². The Kier molecular flexibility index (Phi) is 4.79. The Balaban J connectivity index is 1.55. The Hall–Kier alpha value is -2.75. The predicted molar refractivity (Wildman–Crippen MR) is 90.9 cm³/mol. The Morgan fingerprint density at radius 1 is 1.44 bits per heavy atom. The molecular formula is C15H18N6O3S. The molecule has 0 unspecified atom stereocenters. The number of amides is 1. The van der Waals surface area contributed by atoms with Gasteiger partial charge in [0.25, 0.3) is 5.89 Å². The van der Waals surface area contributed by atoms with Crippen molar-refractivity contribution in [3.8, 4) is 22.3 Å². The Bertz CT molecular complexity index is 834. The van der Waals surface area contributed by atoms with Crippen LogP contribution in [-0.2, 0) is 11.3 Å². The summed E-state index contributed by atoms with van der Waals surface area (Å²) in [5.74, 6) is 0.820. The van der Waals surface area contributed by atoms with E-state index in [0.29, 0.717) is 30.5 Å². The van der Waals surface area contributed by atoms with Crippen molar-refractivity contribution in [1.82, 2.24) is 30.5 Å². The standard InChI is InChI=1S/C15H18N6O3S/c1-15(2,3)23-14(22)16-6-7-21-9-10(18-20-21)13-17-12(19-24-13)11-5-4-8-25-11/h4-5,8-9H,6-7H2,1-3H3,(H,16,22). The van der Waals surface area contributed by atoms with Gasteiger partial charge < -0.3 is 14.6 Å². The second kappa shape index (κ2) is 7.01. The van der Waals surface area contributed by atoms with Gasteiger partial charge in [0.1, 0.15) is 5.60 Å². The number of alkyl carbamates (subject to hydrolysis) is 1. The lowest BCUT2D eigenvalue weighted by atomic mass is 10.2. The first-order valence-electron chi connectivity index (χ1n) is 7.66. The molecule has 3 heterocycles. The normalized spacial score (nSPS) is 11.5. The molecule has 0 atom stereocenters. The van der Waals surface area contributed by atoms with Crippen LogP contribution in [0.2, 0.25) is 0 Å². The maximum absolute atomic E-state index is 11.6. The van der Waals surface area contributed by atoms with E-state index in [-0.39, 0.29) is 0 Å². The lowest BCUT2D eigenvalue weighted by molar-refractivity contribution is 0.0525. The van der Waals surface area contributed by atoms with Gasteiger partial charge in [-0.15, -0.1) is 16.4 Å². The highest BCUT2D eigenvalue weighted by Crippen LogP contribution is 2.24. The highest BCUT2D eigenvalue weighted by molar-refractivity contribution is 7.13. The van der Waals surface area contributed by atoms with E-state index in [9.17, 15) is 4.79 Å². The van der Waals surface area contributed by atoms with Gasteiger partial charge in [-0.2, -0.15) is 4.98 Å². The molecule has 0 spiro atoms. The molecule has 3 aromatic rings. The maximum atomic E-state index is 11.6. The molecule has 0 aliphatic heterocycles. The number of hydrogen-bond donors (Lipinski definition) is 1. The zero-order valence-electron chi connectivity index (χ0n) is 14.1. The number of carbonyl (C=O) groups excluding carboxylic acids is 1. The molecule has 0 aliphatic carbocycles. The van der Waals surface area contributed by atoms with Crippen LogP contribution in [0.5, 0.6) is 0 Å². The van der Waals surface area contributed by atoms with Gasteiger partial charge in [-0.25, -0.2) is 9.48 Å². The third-order valence-electron chi connectivity index (χ3n) is 2.93. The number of nitrogens with zero attached hydrogens (tertiary/aromatic N) is 5. The van der Waals surface area contributed by atoms with Crippen LogP contribution < -0.4 is 5.32 Å². The van der Waals surface area contributed by atoms with Crippen molar-refractivity contribution in [3.63, 3.8) is 0 Å². The fourth-order valence-corrected chi connectivity index (χ4v) is 2.57. The highest BCUT2D eigenvalue weighted by Gasteiger charge is 2.16. The summed E-state index contributed by atoms with van der Waals surface area (Å²) < 4.78 is 12.0. The number of carbonyl (C=O) groups is 1. The molecule has 0 aromatic carbocycles. The lowest BCUT2D eigenvalue weighted by Gasteiger charge is -2.19. The third-order valence-corrected chi connectivity index (χ3v) is 3.80. The largest absolute Gasteiger partial charge is 0.444 e. The molecule has 1 amide bonds. The number of hydrogen-bond acceptors (Lipinski definition) is 8. The van der Waals surface area contributed by atoms with Gasteiger partial charge in [-0.05, 0) is 32.2 Å². The molecule has 3 rings (SSSR count). The molecular weight excluding hydrogens is 344 g/mol. The minimum atomic E-state index is -0.525. The SMILES string of the molecule is CC(C)(C)OC(=O)NCCn1cc(-c2nc(-c3cccs3)no2)nn1.